The number of aryl methyl sites for hydroxylation is 1. The lowest BCUT2D eigenvalue weighted by atomic mass is 9.94. The molecule has 5 nitrogen and oxygen atoms in total. The topological polar surface area (TPSA) is 59.3 Å². The van der Waals surface area contributed by atoms with Crippen LogP contribution in [0.1, 0.15) is 41.7 Å². The molecule has 0 saturated heterocycles. The van der Waals surface area contributed by atoms with Crippen LogP contribution in [0.25, 0.3) is 5.65 Å². The molecule has 2 heterocycles. The molecule has 1 N–H and O–H groups in total. The van der Waals surface area contributed by atoms with Gasteiger partial charge in [-0.1, -0.05) is 6.42 Å². The standard InChI is InChI=1S/C15H20N4OS/c1-10-13(14-16-7-4-8-19(14)18-10)15(20)17-11-5-3-6-12(9-11)21-2/h4,7-8,11-12H,3,5-6,9H2,1-2H3,(H,17,20)/t11-,12+/m0/s1. The van der Waals surface area contributed by atoms with Gasteiger partial charge in [0.15, 0.2) is 5.65 Å². The van der Waals surface area contributed by atoms with Gasteiger partial charge in [0.05, 0.1) is 5.69 Å². The van der Waals surface area contributed by atoms with E-state index < -0.39 is 0 Å². The minimum absolute atomic E-state index is 0.0482. The molecule has 1 aliphatic carbocycles. The summed E-state index contributed by atoms with van der Waals surface area (Å²) in [5, 5.41) is 8.18. The largest absolute Gasteiger partial charge is 0.349 e. The third-order valence-corrected chi connectivity index (χ3v) is 5.19. The molecule has 21 heavy (non-hydrogen) atoms. The number of carbonyl (C=O) groups is 1. The van der Waals surface area contributed by atoms with Crippen molar-refractivity contribution in [3.8, 4) is 0 Å². The molecule has 0 aliphatic heterocycles. The van der Waals surface area contributed by atoms with Crippen LogP contribution in [0, 0.1) is 6.92 Å². The highest BCUT2D eigenvalue weighted by molar-refractivity contribution is 7.99. The van der Waals surface area contributed by atoms with Crippen LogP contribution in [0.2, 0.25) is 0 Å². The molecule has 2 aromatic rings. The molecular weight excluding hydrogens is 284 g/mol. The first-order chi connectivity index (χ1) is 10.2. The van der Waals surface area contributed by atoms with Crippen LogP contribution in [0.5, 0.6) is 0 Å². The Morgan fingerprint density at radius 1 is 1.48 bits per heavy atom. The number of thioether (sulfide) groups is 1. The Labute approximate surface area is 128 Å². The highest BCUT2D eigenvalue weighted by Crippen LogP contribution is 2.27. The first-order valence-electron chi connectivity index (χ1n) is 7.32. The summed E-state index contributed by atoms with van der Waals surface area (Å²) in [7, 11) is 0. The number of hydrogen-bond acceptors (Lipinski definition) is 4. The number of nitrogens with one attached hydrogen (secondary N) is 1. The van der Waals surface area contributed by atoms with Gasteiger partial charge in [-0.15, -0.1) is 0 Å². The maximum atomic E-state index is 12.6. The Morgan fingerprint density at radius 2 is 2.33 bits per heavy atom. The van der Waals surface area contributed by atoms with Crippen LogP contribution in [-0.2, 0) is 0 Å². The highest BCUT2D eigenvalue weighted by atomic mass is 32.2. The van der Waals surface area contributed by atoms with Crippen molar-refractivity contribution in [2.75, 3.05) is 6.26 Å². The van der Waals surface area contributed by atoms with Crippen molar-refractivity contribution in [3.05, 3.63) is 29.7 Å². The number of amides is 1. The molecule has 0 bridgehead atoms. The number of hydrogen-bond donors (Lipinski definition) is 1. The van der Waals surface area contributed by atoms with Gasteiger partial charge in [0.2, 0.25) is 0 Å². The summed E-state index contributed by atoms with van der Waals surface area (Å²) < 4.78 is 1.66. The van der Waals surface area contributed by atoms with Crippen molar-refractivity contribution in [2.24, 2.45) is 0 Å². The number of nitrogens with zero attached hydrogens (tertiary/aromatic N) is 3. The molecule has 0 radical (unpaired) electrons. The highest BCUT2D eigenvalue weighted by Gasteiger charge is 2.25. The van der Waals surface area contributed by atoms with E-state index in [1.807, 2.05) is 30.9 Å². The maximum Gasteiger partial charge on any atom is 0.257 e. The molecule has 0 spiro atoms. The fraction of sp³-hybridized carbons (Fsp3) is 0.533. The van der Waals surface area contributed by atoms with E-state index in [1.54, 1.807) is 10.7 Å². The SMILES string of the molecule is CS[C@@H]1CCC[C@H](NC(=O)c2c(C)nn3cccnc23)C1. The predicted molar refractivity (Wildman–Crippen MR) is 84.7 cm³/mol. The number of aromatic nitrogens is 3. The fourth-order valence-electron chi connectivity index (χ4n) is 3.01. The molecule has 1 amide bonds. The minimum atomic E-state index is -0.0482. The van der Waals surface area contributed by atoms with E-state index in [2.05, 4.69) is 21.7 Å². The zero-order chi connectivity index (χ0) is 14.8. The van der Waals surface area contributed by atoms with Gasteiger partial charge in [-0.25, -0.2) is 9.50 Å². The second-order valence-electron chi connectivity index (χ2n) is 5.54. The van der Waals surface area contributed by atoms with E-state index in [0.29, 0.717) is 16.5 Å². The quantitative estimate of drug-likeness (QED) is 0.946. The van der Waals surface area contributed by atoms with Gasteiger partial charge in [-0.3, -0.25) is 4.79 Å². The van der Waals surface area contributed by atoms with E-state index >= 15 is 0 Å². The van der Waals surface area contributed by atoms with E-state index in [0.717, 1.165) is 18.5 Å². The summed E-state index contributed by atoms with van der Waals surface area (Å²) in [5.74, 6) is -0.0482. The first kappa shape index (κ1) is 14.4. The molecule has 0 unspecified atom stereocenters. The van der Waals surface area contributed by atoms with Gasteiger partial charge < -0.3 is 5.32 Å². The van der Waals surface area contributed by atoms with Crippen molar-refractivity contribution in [1.82, 2.24) is 19.9 Å². The van der Waals surface area contributed by atoms with Crippen LogP contribution in [-0.4, -0.2) is 38.1 Å². The van der Waals surface area contributed by atoms with E-state index in [4.69, 9.17) is 0 Å². The monoisotopic (exact) mass is 304 g/mol. The lowest BCUT2D eigenvalue weighted by Gasteiger charge is -2.28. The smallest absolute Gasteiger partial charge is 0.257 e. The number of fused-ring (bicyclic) bond motifs is 1. The fourth-order valence-corrected chi connectivity index (χ4v) is 3.84. The second-order valence-corrected chi connectivity index (χ2v) is 6.68. The lowest BCUT2D eigenvalue weighted by Crippen LogP contribution is -2.39. The van der Waals surface area contributed by atoms with Crippen molar-refractivity contribution in [3.63, 3.8) is 0 Å². The van der Waals surface area contributed by atoms with Crippen LogP contribution in [0.15, 0.2) is 18.5 Å². The van der Waals surface area contributed by atoms with Gasteiger partial charge in [-0.05, 0) is 38.5 Å². The normalized spacial score (nSPS) is 22.4. The molecule has 3 rings (SSSR count). The zero-order valence-electron chi connectivity index (χ0n) is 12.4. The Balaban J connectivity index is 1.79. The first-order valence-corrected chi connectivity index (χ1v) is 8.61. The average Bonchev–Trinajstić information content (AvgIpc) is 2.83. The van der Waals surface area contributed by atoms with Gasteiger partial charge in [0.1, 0.15) is 5.56 Å². The Hall–Kier alpha value is -1.56. The van der Waals surface area contributed by atoms with E-state index in [1.165, 1.54) is 12.8 Å². The van der Waals surface area contributed by atoms with Crippen molar-refractivity contribution in [2.45, 2.75) is 43.9 Å². The Kier molecular flexibility index (Phi) is 4.14. The zero-order valence-corrected chi connectivity index (χ0v) is 13.2. The molecule has 1 fully saturated rings. The molecule has 2 aromatic heterocycles. The van der Waals surface area contributed by atoms with Crippen LogP contribution in [0.3, 0.4) is 0 Å². The molecule has 0 aromatic carbocycles. The number of carbonyl (C=O) groups excluding carboxylic acids is 1. The summed E-state index contributed by atoms with van der Waals surface area (Å²) in [6, 6.07) is 2.08. The van der Waals surface area contributed by atoms with Crippen LogP contribution in [0.4, 0.5) is 0 Å². The third kappa shape index (κ3) is 2.90. The maximum absolute atomic E-state index is 12.6. The molecule has 1 aliphatic rings. The average molecular weight is 304 g/mol. The van der Waals surface area contributed by atoms with Gasteiger partial charge in [-0.2, -0.15) is 16.9 Å². The number of rotatable bonds is 3. The Morgan fingerprint density at radius 3 is 3.14 bits per heavy atom. The predicted octanol–water partition coefficient (Wildman–Crippen LogP) is 2.44. The van der Waals surface area contributed by atoms with Crippen molar-refractivity contribution >= 4 is 23.3 Å². The van der Waals surface area contributed by atoms with Gasteiger partial charge >= 0.3 is 0 Å². The third-order valence-electron chi connectivity index (χ3n) is 4.09. The van der Waals surface area contributed by atoms with Crippen LogP contribution >= 0.6 is 11.8 Å². The van der Waals surface area contributed by atoms with E-state index in [-0.39, 0.29) is 11.9 Å². The molecular formula is C15H20N4OS. The summed E-state index contributed by atoms with van der Waals surface area (Å²) >= 11 is 1.90. The molecule has 1 saturated carbocycles. The van der Waals surface area contributed by atoms with Gasteiger partial charge in [0, 0.05) is 23.7 Å². The van der Waals surface area contributed by atoms with E-state index in [9.17, 15) is 4.79 Å². The van der Waals surface area contributed by atoms with Gasteiger partial charge in [0.25, 0.3) is 5.91 Å². The molecule has 2 atom stereocenters. The molecule has 112 valence electrons. The van der Waals surface area contributed by atoms with Crippen molar-refractivity contribution < 1.29 is 4.79 Å². The van der Waals surface area contributed by atoms with Crippen LogP contribution < -0.4 is 5.32 Å². The summed E-state index contributed by atoms with van der Waals surface area (Å²) in [5.41, 5.74) is 1.95. The minimum Gasteiger partial charge on any atom is -0.349 e. The molecule has 6 heteroatoms. The Bertz CT molecular complexity index is 654. The second kappa shape index (κ2) is 6.05. The summed E-state index contributed by atoms with van der Waals surface area (Å²) in [4.78, 5) is 16.9. The summed E-state index contributed by atoms with van der Waals surface area (Å²) in [6.07, 6.45) is 10.2. The lowest BCUT2D eigenvalue weighted by molar-refractivity contribution is 0.0929. The summed E-state index contributed by atoms with van der Waals surface area (Å²) in [6.45, 7) is 1.86. The van der Waals surface area contributed by atoms with Crippen molar-refractivity contribution in [1.29, 1.82) is 0 Å².